The Labute approximate surface area is 184 Å². The van der Waals surface area contributed by atoms with Crippen molar-refractivity contribution in [2.24, 2.45) is 5.92 Å². The first-order valence-electron chi connectivity index (χ1n) is 11.2. The van der Waals surface area contributed by atoms with Gasteiger partial charge in [0.1, 0.15) is 11.4 Å². The number of ether oxygens (including phenoxy) is 1. The van der Waals surface area contributed by atoms with E-state index in [9.17, 15) is 4.79 Å². The van der Waals surface area contributed by atoms with Gasteiger partial charge in [0, 0.05) is 6.04 Å². The average molecular weight is 425 g/mol. The van der Waals surface area contributed by atoms with E-state index in [2.05, 4.69) is 32.7 Å². The van der Waals surface area contributed by atoms with Crippen molar-refractivity contribution < 1.29 is 18.8 Å². The summed E-state index contributed by atoms with van der Waals surface area (Å²) < 4.78 is 18.1. The number of aromatic amines is 1. The molecule has 1 saturated carbocycles. The number of nitrogens with zero attached hydrogens (tertiary/aromatic N) is 2. The number of likely N-dealkylation sites (tertiary alicyclic amines) is 1. The zero-order chi connectivity index (χ0) is 22.3. The van der Waals surface area contributed by atoms with Crippen molar-refractivity contribution in [2.75, 3.05) is 0 Å². The maximum absolute atomic E-state index is 12.9. The first-order chi connectivity index (χ1) is 14.3. The van der Waals surface area contributed by atoms with Crippen molar-refractivity contribution in [3.63, 3.8) is 0 Å². The molecule has 1 N–H and O–H groups in total. The number of fused-ring (bicyclic) bond motifs is 2. The van der Waals surface area contributed by atoms with Crippen LogP contribution in [0.1, 0.15) is 73.2 Å². The smallest absolute Gasteiger partial charge is 0.444 e. The van der Waals surface area contributed by atoms with E-state index < -0.39 is 12.7 Å². The van der Waals surface area contributed by atoms with Gasteiger partial charge in [0.15, 0.2) is 0 Å². The zero-order valence-corrected chi connectivity index (χ0v) is 19.5. The van der Waals surface area contributed by atoms with Crippen LogP contribution < -0.4 is 5.46 Å². The third kappa shape index (κ3) is 3.54. The van der Waals surface area contributed by atoms with Gasteiger partial charge in [-0.05, 0) is 84.8 Å². The molecule has 0 bridgehead atoms. The van der Waals surface area contributed by atoms with E-state index in [1.807, 2.05) is 43.9 Å². The molecule has 3 aliphatic rings. The lowest BCUT2D eigenvalue weighted by Gasteiger charge is -2.32. The van der Waals surface area contributed by atoms with Gasteiger partial charge in [-0.1, -0.05) is 6.07 Å². The lowest BCUT2D eigenvalue weighted by Crippen LogP contribution is -2.41. The van der Waals surface area contributed by atoms with Crippen molar-refractivity contribution >= 4 is 29.7 Å². The van der Waals surface area contributed by atoms with Gasteiger partial charge in [-0.25, -0.2) is 9.78 Å². The third-order valence-corrected chi connectivity index (χ3v) is 7.07. The SMILES string of the molecule is CC(C)(C)OC(=O)N1[C@@H]2CC2C[C@H]1c1nc2ccc(B3OC(C)(C)C(C)(C)O3)cc2[nH]1. The molecule has 5 rings (SSSR count). The predicted octanol–water partition coefficient (Wildman–Crippen LogP) is 3.93. The summed E-state index contributed by atoms with van der Waals surface area (Å²) in [5, 5.41) is 0. The standard InChI is InChI=1S/C23H32BN3O4/c1-21(2,3)29-20(28)27-17-10-13(17)11-18(27)19-25-15-9-8-14(12-16(15)26-19)24-30-22(4,5)23(6,7)31-24/h8-9,12-13,17-18H,10-11H2,1-7H3,(H,25,26)/t13?,17-,18+/m1/s1. The van der Waals surface area contributed by atoms with E-state index in [0.29, 0.717) is 5.92 Å². The number of nitrogens with one attached hydrogen (secondary N) is 1. The molecular weight excluding hydrogens is 393 g/mol. The molecular formula is C23H32BN3O4. The van der Waals surface area contributed by atoms with Crippen molar-refractivity contribution in [1.29, 1.82) is 0 Å². The summed E-state index contributed by atoms with van der Waals surface area (Å²) in [5.41, 5.74) is 1.47. The summed E-state index contributed by atoms with van der Waals surface area (Å²) in [7, 11) is -0.418. The van der Waals surface area contributed by atoms with Crippen LogP contribution in [0.4, 0.5) is 4.79 Å². The van der Waals surface area contributed by atoms with Crippen molar-refractivity contribution in [2.45, 2.75) is 90.2 Å². The van der Waals surface area contributed by atoms with Crippen LogP contribution in [-0.4, -0.2) is 50.9 Å². The lowest BCUT2D eigenvalue weighted by atomic mass is 9.79. The number of hydrogen-bond donors (Lipinski definition) is 1. The second kappa shape index (κ2) is 6.48. The third-order valence-electron chi connectivity index (χ3n) is 7.07. The van der Waals surface area contributed by atoms with E-state index in [1.165, 1.54) is 0 Å². The highest BCUT2D eigenvalue weighted by molar-refractivity contribution is 6.62. The molecule has 1 aliphatic carbocycles. The zero-order valence-electron chi connectivity index (χ0n) is 19.5. The van der Waals surface area contributed by atoms with E-state index in [4.69, 9.17) is 19.0 Å². The number of benzene rings is 1. The molecule has 1 aromatic carbocycles. The van der Waals surface area contributed by atoms with Gasteiger partial charge >= 0.3 is 13.2 Å². The minimum Gasteiger partial charge on any atom is -0.444 e. The summed E-state index contributed by atoms with van der Waals surface area (Å²) in [4.78, 5) is 23.0. The second-order valence-electron chi connectivity index (χ2n) is 11.2. The molecule has 3 atom stereocenters. The van der Waals surface area contributed by atoms with Crippen LogP contribution in [0.3, 0.4) is 0 Å². The first kappa shape index (κ1) is 20.8. The van der Waals surface area contributed by atoms with Crippen molar-refractivity contribution in [3.05, 3.63) is 24.0 Å². The quantitative estimate of drug-likeness (QED) is 0.738. The molecule has 3 heterocycles. The largest absolute Gasteiger partial charge is 0.494 e. The molecule has 0 radical (unpaired) electrons. The molecule has 2 saturated heterocycles. The van der Waals surface area contributed by atoms with Crippen molar-refractivity contribution in [3.8, 4) is 0 Å². The number of amides is 1. The number of carbonyl (C=O) groups is 1. The Hall–Kier alpha value is -2.06. The van der Waals surface area contributed by atoms with Gasteiger partial charge in [-0.3, -0.25) is 4.90 Å². The fourth-order valence-corrected chi connectivity index (χ4v) is 4.61. The maximum Gasteiger partial charge on any atom is 0.494 e. The summed E-state index contributed by atoms with van der Waals surface area (Å²) in [6.07, 6.45) is 1.73. The topological polar surface area (TPSA) is 76.7 Å². The van der Waals surface area contributed by atoms with Gasteiger partial charge in [0.2, 0.25) is 0 Å². The molecule has 166 valence electrons. The molecule has 3 fully saturated rings. The van der Waals surface area contributed by atoms with Crippen LogP contribution in [0.5, 0.6) is 0 Å². The number of hydrogen-bond acceptors (Lipinski definition) is 5. The highest BCUT2D eigenvalue weighted by Crippen LogP contribution is 2.53. The summed E-state index contributed by atoms with van der Waals surface area (Å²) in [6, 6.07) is 6.23. The second-order valence-corrected chi connectivity index (χ2v) is 11.2. The maximum atomic E-state index is 12.9. The molecule has 2 aromatic rings. The molecule has 0 spiro atoms. The Bertz CT molecular complexity index is 1030. The minimum absolute atomic E-state index is 0.0775. The fraction of sp³-hybridized carbons (Fsp3) is 0.652. The van der Waals surface area contributed by atoms with Gasteiger partial charge in [0.25, 0.3) is 0 Å². The summed E-state index contributed by atoms with van der Waals surface area (Å²) >= 11 is 0. The lowest BCUT2D eigenvalue weighted by molar-refractivity contribution is 0.00578. The number of imidazole rings is 1. The van der Waals surface area contributed by atoms with E-state index in [1.54, 1.807) is 0 Å². The van der Waals surface area contributed by atoms with E-state index in [0.717, 1.165) is 35.2 Å². The van der Waals surface area contributed by atoms with Crippen LogP contribution in [-0.2, 0) is 14.0 Å². The molecule has 1 unspecified atom stereocenters. The highest BCUT2D eigenvalue weighted by Gasteiger charge is 2.56. The number of H-pyrrole nitrogens is 1. The average Bonchev–Trinajstić information content (AvgIpc) is 3.02. The van der Waals surface area contributed by atoms with Gasteiger partial charge in [0.05, 0.1) is 28.3 Å². The van der Waals surface area contributed by atoms with Crippen LogP contribution in [0.15, 0.2) is 18.2 Å². The Morgan fingerprint density at radius 1 is 1.19 bits per heavy atom. The fourth-order valence-electron chi connectivity index (χ4n) is 4.61. The monoisotopic (exact) mass is 425 g/mol. The normalized spacial score (nSPS) is 28.8. The first-order valence-corrected chi connectivity index (χ1v) is 11.2. The van der Waals surface area contributed by atoms with Crippen LogP contribution in [0.2, 0.25) is 0 Å². The molecule has 8 heteroatoms. The molecule has 7 nitrogen and oxygen atoms in total. The Balaban J connectivity index is 1.41. The highest BCUT2D eigenvalue weighted by atomic mass is 16.7. The Morgan fingerprint density at radius 2 is 1.87 bits per heavy atom. The Kier molecular flexibility index (Phi) is 4.35. The number of aromatic nitrogens is 2. The number of carbonyl (C=O) groups excluding carboxylic acids is 1. The predicted molar refractivity (Wildman–Crippen MR) is 119 cm³/mol. The summed E-state index contributed by atoms with van der Waals surface area (Å²) in [5.74, 6) is 1.37. The number of piperidine rings is 1. The van der Waals surface area contributed by atoms with Crippen LogP contribution >= 0.6 is 0 Å². The van der Waals surface area contributed by atoms with Gasteiger partial charge in [-0.15, -0.1) is 0 Å². The number of rotatable bonds is 2. The minimum atomic E-state index is -0.514. The summed E-state index contributed by atoms with van der Waals surface area (Å²) in [6.45, 7) is 13.9. The molecule has 2 aliphatic heterocycles. The van der Waals surface area contributed by atoms with E-state index >= 15 is 0 Å². The molecule has 31 heavy (non-hydrogen) atoms. The van der Waals surface area contributed by atoms with Crippen molar-refractivity contribution in [1.82, 2.24) is 14.9 Å². The molecule has 1 aromatic heterocycles. The van der Waals surface area contributed by atoms with Crippen LogP contribution in [0.25, 0.3) is 11.0 Å². The Morgan fingerprint density at radius 3 is 2.52 bits per heavy atom. The molecule has 1 amide bonds. The van der Waals surface area contributed by atoms with Gasteiger partial charge in [-0.2, -0.15) is 0 Å². The van der Waals surface area contributed by atoms with E-state index in [-0.39, 0.29) is 29.4 Å². The van der Waals surface area contributed by atoms with Crippen LogP contribution in [0, 0.1) is 5.92 Å². The van der Waals surface area contributed by atoms with Gasteiger partial charge < -0.3 is 19.0 Å².